The molecule has 0 aromatic heterocycles. The van der Waals surface area contributed by atoms with Crippen molar-refractivity contribution >= 4 is 11.6 Å². The van der Waals surface area contributed by atoms with Crippen molar-refractivity contribution in [1.82, 2.24) is 5.32 Å². The van der Waals surface area contributed by atoms with Gasteiger partial charge in [0.1, 0.15) is 5.75 Å². The quantitative estimate of drug-likeness (QED) is 0.805. The van der Waals surface area contributed by atoms with E-state index >= 15 is 0 Å². The third-order valence-corrected chi connectivity index (χ3v) is 2.58. The molecule has 3 nitrogen and oxygen atoms in total. The molecule has 1 unspecified atom stereocenters. The predicted octanol–water partition coefficient (Wildman–Crippen LogP) is 2.21. The molecule has 0 saturated carbocycles. The van der Waals surface area contributed by atoms with Gasteiger partial charge in [-0.05, 0) is 26.1 Å². The molecule has 0 aliphatic heterocycles. The van der Waals surface area contributed by atoms with Crippen molar-refractivity contribution in [2.24, 2.45) is 0 Å². The molecule has 0 bridgehead atoms. The number of hydrogen-bond donors (Lipinski definition) is 2. The molecule has 1 atom stereocenters. The molecule has 4 heteroatoms. The predicted molar refractivity (Wildman–Crippen MR) is 66.0 cm³/mol. The van der Waals surface area contributed by atoms with Crippen molar-refractivity contribution in [2.75, 3.05) is 13.7 Å². The Hall–Kier alpha value is -0.770. The van der Waals surface area contributed by atoms with E-state index < -0.39 is 0 Å². The highest BCUT2D eigenvalue weighted by Gasteiger charge is 2.07. The maximum absolute atomic E-state index is 9.14. The van der Waals surface area contributed by atoms with Crippen molar-refractivity contribution in [3.05, 3.63) is 28.8 Å². The van der Waals surface area contributed by atoms with E-state index in [4.69, 9.17) is 21.4 Å². The Morgan fingerprint density at radius 1 is 1.50 bits per heavy atom. The van der Waals surface area contributed by atoms with Gasteiger partial charge in [-0.1, -0.05) is 17.7 Å². The first-order valence-electron chi connectivity index (χ1n) is 5.38. The van der Waals surface area contributed by atoms with Crippen LogP contribution in [0.25, 0.3) is 0 Å². The van der Waals surface area contributed by atoms with Gasteiger partial charge in [0.15, 0.2) is 0 Å². The minimum Gasteiger partial charge on any atom is -0.493 e. The molecule has 0 radical (unpaired) electrons. The summed E-state index contributed by atoms with van der Waals surface area (Å²) in [6, 6.07) is 5.59. The summed E-state index contributed by atoms with van der Waals surface area (Å²) in [5.41, 5.74) is 0.956. The summed E-state index contributed by atoms with van der Waals surface area (Å²) in [6.45, 7) is 2.91. The molecule has 1 rings (SSSR count). The Morgan fingerprint density at radius 3 is 2.88 bits per heavy atom. The van der Waals surface area contributed by atoms with Crippen LogP contribution in [0.4, 0.5) is 0 Å². The molecule has 0 saturated heterocycles. The molecule has 0 heterocycles. The lowest BCUT2D eigenvalue weighted by Crippen LogP contribution is -2.11. The van der Waals surface area contributed by atoms with Gasteiger partial charge in [0, 0.05) is 23.6 Å². The van der Waals surface area contributed by atoms with Crippen LogP contribution in [0.5, 0.6) is 5.75 Å². The zero-order valence-corrected chi connectivity index (χ0v) is 10.4. The maximum atomic E-state index is 9.14. The smallest absolute Gasteiger partial charge is 0.125 e. The van der Waals surface area contributed by atoms with E-state index in [1.54, 1.807) is 6.92 Å². The first kappa shape index (κ1) is 13.3. The zero-order chi connectivity index (χ0) is 12.0. The molecule has 0 spiro atoms. The number of halogens is 1. The van der Waals surface area contributed by atoms with E-state index in [0.717, 1.165) is 11.3 Å². The normalized spacial score (nSPS) is 12.5. The molecule has 0 amide bonds. The van der Waals surface area contributed by atoms with Gasteiger partial charge in [-0.15, -0.1) is 0 Å². The fraction of sp³-hybridized carbons (Fsp3) is 0.500. The van der Waals surface area contributed by atoms with Crippen molar-refractivity contribution in [3.63, 3.8) is 0 Å². The highest BCUT2D eigenvalue weighted by Crippen LogP contribution is 2.26. The molecular formula is C12H18ClNO2. The first-order valence-corrected chi connectivity index (χ1v) is 5.75. The molecular weight excluding hydrogens is 226 g/mol. The van der Waals surface area contributed by atoms with Crippen LogP contribution < -0.4 is 10.1 Å². The molecule has 1 aromatic rings. The minimum absolute atomic E-state index is 0.341. The second-order valence-electron chi connectivity index (χ2n) is 3.73. The van der Waals surface area contributed by atoms with Crippen molar-refractivity contribution in [1.29, 1.82) is 0 Å². The second-order valence-corrected chi connectivity index (χ2v) is 4.14. The van der Waals surface area contributed by atoms with E-state index in [0.29, 0.717) is 24.6 Å². The SMILES string of the molecule is CNCc1c(Cl)cccc1OCCC(C)O. The van der Waals surface area contributed by atoms with Crippen molar-refractivity contribution < 1.29 is 9.84 Å². The number of benzene rings is 1. The van der Waals surface area contributed by atoms with Crippen molar-refractivity contribution in [2.45, 2.75) is 26.0 Å². The molecule has 2 N–H and O–H groups in total. The molecule has 0 aliphatic carbocycles. The standard InChI is InChI=1S/C12H18ClNO2/c1-9(15)6-7-16-12-5-3-4-11(13)10(12)8-14-2/h3-5,9,14-15H,6-8H2,1-2H3. The second kappa shape index (κ2) is 6.74. The summed E-state index contributed by atoms with van der Waals surface area (Å²) in [4.78, 5) is 0. The Morgan fingerprint density at radius 2 is 2.25 bits per heavy atom. The number of aliphatic hydroxyl groups is 1. The summed E-state index contributed by atoms with van der Waals surface area (Å²) in [6.07, 6.45) is 0.276. The first-order chi connectivity index (χ1) is 7.65. The molecule has 16 heavy (non-hydrogen) atoms. The van der Waals surface area contributed by atoms with Crippen LogP contribution in [-0.2, 0) is 6.54 Å². The molecule has 1 aromatic carbocycles. The topological polar surface area (TPSA) is 41.5 Å². The summed E-state index contributed by atoms with van der Waals surface area (Å²) in [5.74, 6) is 0.780. The summed E-state index contributed by atoms with van der Waals surface area (Å²) < 4.78 is 5.60. The lowest BCUT2D eigenvalue weighted by Gasteiger charge is -2.13. The third-order valence-electron chi connectivity index (χ3n) is 2.22. The van der Waals surface area contributed by atoms with Gasteiger partial charge in [-0.25, -0.2) is 0 Å². The van der Waals surface area contributed by atoms with E-state index in [1.807, 2.05) is 25.2 Å². The van der Waals surface area contributed by atoms with Crippen LogP contribution in [0.3, 0.4) is 0 Å². The van der Waals surface area contributed by atoms with Gasteiger partial charge in [-0.2, -0.15) is 0 Å². The highest BCUT2D eigenvalue weighted by molar-refractivity contribution is 6.31. The Kier molecular flexibility index (Phi) is 5.60. The van der Waals surface area contributed by atoms with Gasteiger partial charge < -0.3 is 15.2 Å². The summed E-state index contributed by atoms with van der Waals surface area (Å²) in [7, 11) is 1.86. The van der Waals surface area contributed by atoms with E-state index in [1.165, 1.54) is 0 Å². The third kappa shape index (κ3) is 4.00. The van der Waals surface area contributed by atoms with E-state index in [9.17, 15) is 0 Å². The van der Waals surface area contributed by atoms with Crippen LogP contribution >= 0.6 is 11.6 Å². The van der Waals surface area contributed by atoms with Crippen molar-refractivity contribution in [3.8, 4) is 5.75 Å². The van der Waals surface area contributed by atoms with Crippen LogP contribution in [0.2, 0.25) is 5.02 Å². The monoisotopic (exact) mass is 243 g/mol. The van der Waals surface area contributed by atoms with Crippen LogP contribution in [-0.4, -0.2) is 24.9 Å². The lowest BCUT2D eigenvalue weighted by molar-refractivity contribution is 0.155. The Bertz CT molecular complexity index is 329. The largest absolute Gasteiger partial charge is 0.493 e. The summed E-state index contributed by atoms with van der Waals surface area (Å²) >= 11 is 6.08. The maximum Gasteiger partial charge on any atom is 0.125 e. The Labute approximate surface area is 101 Å². The average Bonchev–Trinajstić information content (AvgIpc) is 2.22. The fourth-order valence-corrected chi connectivity index (χ4v) is 1.59. The molecule has 90 valence electrons. The highest BCUT2D eigenvalue weighted by atomic mass is 35.5. The van der Waals surface area contributed by atoms with Gasteiger partial charge in [0.05, 0.1) is 12.7 Å². The van der Waals surface area contributed by atoms with E-state index in [2.05, 4.69) is 5.32 Å². The van der Waals surface area contributed by atoms with E-state index in [-0.39, 0.29) is 6.10 Å². The Balaban J connectivity index is 2.66. The number of hydrogen-bond acceptors (Lipinski definition) is 3. The number of ether oxygens (including phenoxy) is 1. The average molecular weight is 244 g/mol. The number of aliphatic hydroxyl groups excluding tert-OH is 1. The van der Waals surface area contributed by atoms with Crippen LogP contribution in [0.1, 0.15) is 18.9 Å². The van der Waals surface area contributed by atoms with Gasteiger partial charge in [-0.3, -0.25) is 0 Å². The van der Waals surface area contributed by atoms with Gasteiger partial charge >= 0.3 is 0 Å². The molecule has 0 aliphatic rings. The van der Waals surface area contributed by atoms with Gasteiger partial charge in [0.25, 0.3) is 0 Å². The molecule has 0 fully saturated rings. The lowest BCUT2D eigenvalue weighted by atomic mass is 10.2. The van der Waals surface area contributed by atoms with Crippen LogP contribution in [0, 0.1) is 0 Å². The van der Waals surface area contributed by atoms with Crippen LogP contribution in [0.15, 0.2) is 18.2 Å². The number of nitrogens with one attached hydrogen (secondary N) is 1. The summed E-state index contributed by atoms with van der Waals surface area (Å²) in [5, 5.41) is 12.9. The number of rotatable bonds is 6. The fourth-order valence-electron chi connectivity index (χ4n) is 1.36. The zero-order valence-electron chi connectivity index (χ0n) is 9.66. The minimum atomic E-state index is -0.341. The van der Waals surface area contributed by atoms with Gasteiger partial charge in [0.2, 0.25) is 0 Å².